The zero-order chi connectivity index (χ0) is 15.0. The summed E-state index contributed by atoms with van der Waals surface area (Å²) in [7, 11) is 0. The van der Waals surface area contributed by atoms with Crippen molar-refractivity contribution in [2.24, 2.45) is 0 Å². The van der Waals surface area contributed by atoms with Crippen molar-refractivity contribution in [3.05, 3.63) is 57.3 Å². The first-order valence-corrected chi connectivity index (χ1v) is 7.84. The van der Waals surface area contributed by atoms with E-state index in [1.807, 2.05) is 0 Å². The van der Waals surface area contributed by atoms with Gasteiger partial charge in [0.15, 0.2) is 5.13 Å². The first kappa shape index (κ1) is 14.4. The van der Waals surface area contributed by atoms with Gasteiger partial charge >= 0.3 is 0 Å². The highest BCUT2D eigenvalue weighted by Gasteiger charge is 2.14. The Morgan fingerprint density at radius 3 is 2.90 bits per heavy atom. The lowest BCUT2D eigenvalue weighted by Crippen LogP contribution is -2.12. The van der Waals surface area contributed by atoms with E-state index in [-0.39, 0.29) is 5.56 Å². The monoisotopic (exact) mass is 384 g/mol. The molecule has 1 N–H and O–H groups in total. The lowest BCUT2D eigenvalue weighted by Gasteiger charge is -2.04. The van der Waals surface area contributed by atoms with Crippen LogP contribution in [0.25, 0.3) is 10.2 Å². The third-order valence-corrected chi connectivity index (χ3v) is 4.60. The second kappa shape index (κ2) is 5.71. The van der Waals surface area contributed by atoms with Crippen LogP contribution in [-0.4, -0.2) is 10.9 Å². The Labute approximate surface area is 136 Å². The molecule has 1 heterocycles. The van der Waals surface area contributed by atoms with Crippen molar-refractivity contribution in [3.8, 4) is 0 Å². The van der Waals surface area contributed by atoms with Crippen LogP contribution in [-0.2, 0) is 0 Å². The van der Waals surface area contributed by atoms with Gasteiger partial charge in [0.05, 0.1) is 15.8 Å². The molecule has 106 valence electrons. The van der Waals surface area contributed by atoms with Crippen molar-refractivity contribution in [1.29, 1.82) is 0 Å². The molecular weight excluding hydrogens is 379 g/mol. The normalized spacial score (nSPS) is 10.8. The number of thiazole rings is 1. The third kappa shape index (κ3) is 3.07. The number of anilines is 1. The zero-order valence-electron chi connectivity index (χ0n) is 10.4. The summed E-state index contributed by atoms with van der Waals surface area (Å²) in [5.74, 6) is -0.897. The number of nitrogens with zero attached hydrogens (tertiary/aromatic N) is 1. The molecule has 7 heteroatoms. The van der Waals surface area contributed by atoms with Gasteiger partial charge in [0.1, 0.15) is 5.82 Å². The van der Waals surface area contributed by atoms with Crippen molar-refractivity contribution in [1.82, 2.24) is 4.98 Å². The van der Waals surface area contributed by atoms with Crippen molar-refractivity contribution < 1.29 is 9.18 Å². The van der Waals surface area contributed by atoms with E-state index in [2.05, 4.69) is 26.2 Å². The zero-order valence-corrected chi connectivity index (χ0v) is 13.5. The predicted molar refractivity (Wildman–Crippen MR) is 86.7 cm³/mol. The molecule has 0 radical (unpaired) electrons. The number of hydrogen-bond acceptors (Lipinski definition) is 3. The van der Waals surface area contributed by atoms with E-state index >= 15 is 0 Å². The van der Waals surface area contributed by atoms with Gasteiger partial charge in [0.25, 0.3) is 5.91 Å². The molecule has 3 rings (SSSR count). The van der Waals surface area contributed by atoms with E-state index in [1.54, 1.807) is 18.2 Å². The van der Waals surface area contributed by atoms with E-state index < -0.39 is 11.7 Å². The van der Waals surface area contributed by atoms with Crippen LogP contribution in [0, 0.1) is 5.82 Å². The molecule has 0 saturated carbocycles. The van der Waals surface area contributed by atoms with Crippen LogP contribution in [0.4, 0.5) is 9.52 Å². The van der Waals surface area contributed by atoms with Crippen LogP contribution in [0.2, 0.25) is 5.02 Å². The number of carbonyl (C=O) groups excluding carboxylic acids is 1. The number of halogens is 3. The summed E-state index contributed by atoms with van der Waals surface area (Å²) >= 11 is 10.4. The number of hydrogen-bond donors (Lipinski definition) is 1. The molecule has 0 aliphatic heterocycles. The quantitative estimate of drug-likeness (QED) is 0.666. The maximum absolute atomic E-state index is 13.2. The van der Waals surface area contributed by atoms with Gasteiger partial charge in [0.2, 0.25) is 0 Å². The van der Waals surface area contributed by atoms with E-state index in [0.717, 1.165) is 10.2 Å². The van der Waals surface area contributed by atoms with Gasteiger partial charge < -0.3 is 0 Å². The maximum Gasteiger partial charge on any atom is 0.258 e. The molecule has 0 unspecified atom stereocenters. The molecule has 0 atom stereocenters. The molecule has 0 spiro atoms. The number of carbonyl (C=O) groups is 1. The molecule has 0 fully saturated rings. The molecule has 21 heavy (non-hydrogen) atoms. The average Bonchev–Trinajstić information content (AvgIpc) is 2.82. The van der Waals surface area contributed by atoms with E-state index in [0.29, 0.717) is 14.6 Å². The lowest BCUT2D eigenvalue weighted by atomic mass is 10.2. The highest BCUT2D eigenvalue weighted by atomic mass is 79.9. The largest absolute Gasteiger partial charge is 0.298 e. The van der Waals surface area contributed by atoms with Crippen LogP contribution >= 0.6 is 38.9 Å². The minimum Gasteiger partial charge on any atom is -0.298 e. The molecule has 1 aromatic heterocycles. The SMILES string of the molecule is O=C(Nc1nc2ccc(Cl)cc2s1)c1cc(F)ccc1Br. The number of benzene rings is 2. The highest BCUT2D eigenvalue weighted by molar-refractivity contribution is 9.10. The molecular formula is C14H7BrClFN2OS. The molecule has 2 aromatic carbocycles. The Kier molecular flexibility index (Phi) is 3.93. The van der Waals surface area contributed by atoms with Crippen molar-refractivity contribution in [2.75, 3.05) is 5.32 Å². The minimum atomic E-state index is -0.473. The van der Waals surface area contributed by atoms with Gasteiger partial charge in [0, 0.05) is 9.50 Å². The second-order valence-corrected chi connectivity index (χ2v) is 6.53. The topological polar surface area (TPSA) is 42.0 Å². The van der Waals surface area contributed by atoms with Gasteiger partial charge in [-0.15, -0.1) is 0 Å². The second-order valence-electron chi connectivity index (χ2n) is 4.21. The Morgan fingerprint density at radius 2 is 2.10 bits per heavy atom. The third-order valence-electron chi connectivity index (χ3n) is 2.74. The molecule has 0 bridgehead atoms. The van der Waals surface area contributed by atoms with Gasteiger partial charge in [-0.1, -0.05) is 22.9 Å². The fraction of sp³-hybridized carbons (Fsp3) is 0. The summed E-state index contributed by atoms with van der Waals surface area (Å²) < 4.78 is 14.6. The van der Waals surface area contributed by atoms with Crippen molar-refractivity contribution in [3.63, 3.8) is 0 Å². The summed E-state index contributed by atoms with van der Waals surface area (Å²) in [4.78, 5) is 16.5. The molecule has 0 aliphatic rings. The van der Waals surface area contributed by atoms with Gasteiger partial charge in [-0.3, -0.25) is 10.1 Å². The average molecular weight is 386 g/mol. The minimum absolute atomic E-state index is 0.215. The van der Waals surface area contributed by atoms with Crippen LogP contribution in [0.1, 0.15) is 10.4 Å². The summed E-state index contributed by atoms with van der Waals surface area (Å²) in [6.45, 7) is 0. The number of rotatable bonds is 2. The first-order chi connectivity index (χ1) is 10.0. The van der Waals surface area contributed by atoms with E-state index in [9.17, 15) is 9.18 Å². The maximum atomic E-state index is 13.2. The van der Waals surface area contributed by atoms with Crippen molar-refractivity contribution >= 4 is 60.1 Å². The predicted octanol–water partition coefficient (Wildman–Crippen LogP) is 5.10. The molecule has 3 aromatic rings. The Bertz CT molecular complexity index is 852. The van der Waals surface area contributed by atoms with Crippen LogP contribution in [0.3, 0.4) is 0 Å². The summed E-state index contributed by atoms with van der Waals surface area (Å²) in [5.41, 5.74) is 0.963. The number of amides is 1. The van der Waals surface area contributed by atoms with Crippen molar-refractivity contribution in [2.45, 2.75) is 0 Å². The van der Waals surface area contributed by atoms with Gasteiger partial charge in [-0.25, -0.2) is 9.37 Å². The fourth-order valence-corrected chi connectivity index (χ4v) is 3.35. The number of aromatic nitrogens is 1. The standard InChI is InChI=1S/C14H7BrClFN2OS/c15-10-3-2-8(17)6-9(10)13(20)19-14-18-11-4-1-7(16)5-12(11)21-14/h1-6H,(H,18,19,20). The summed E-state index contributed by atoms with van der Waals surface area (Å²) in [5, 5.41) is 3.71. The number of nitrogens with one attached hydrogen (secondary N) is 1. The lowest BCUT2D eigenvalue weighted by molar-refractivity contribution is 0.102. The first-order valence-electron chi connectivity index (χ1n) is 5.85. The smallest absolute Gasteiger partial charge is 0.258 e. The number of fused-ring (bicyclic) bond motifs is 1. The summed E-state index contributed by atoms with van der Waals surface area (Å²) in [6.07, 6.45) is 0. The Balaban J connectivity index is 1.90. The van der Waals surface area contributed by atoms with Crippen LogP contribution < -0.4 is 5.32 Å². The molecule has 0 aliphatic carbocycles. The Hall–Kier alpha value is -1.50. The van der Waals surface area contributed by atoms with Gasteiger partial charge in [-0.2, -0.15) is 0 Å². The molecule has 3 nitrogen and oxygen atoms in total. The molecule has 1 amide bonds. The summed E-state index contributed by atoms with van der Waals surface area (Å²) in [6, 6.07) is 9.23. The highest BCUT2D eigenvalue weighted by Crippen LogP contribution is 2.29. The van der Waals surface area contributed by atoms with Crippen LogP contribution in [0.15, 0.2) is 40.9 Å². The van der Waals surface area contributed by atoms with Crippen LogP contribution in [0.5, 0.6) is 0 Å². The molecule has 0 saturated heterocycles. The fourth-order valence-electron chi connectivity index (χ4n) is 1.79. The van der Waals surface area contributed by atoms with E-state index in [4.69, 9.17) is 11.6 Å². The van der Waals surface area contributed by atoms with E-state index in [1.165, 1.54) is 29.5 Å². The Morgan fingerprint density at radius 1 is 1.29 bits per heavy atom. The van der Waals surface area contributed by atoms with Gasteiger partial charge in [-0.05, 0) is 52.3 Å².